The Morgan fingerprint density at radius 3 is 2.96 bits per heavy atom. The molecule has 4 rings (SSSR count). The van der Waals surface area contributed by atoms with Gasteiger partial charge in [0.05, 0.1) is 23.1 Å². The Bertz CT molecular complexity index is 1100. The number of carbonyl (C=O) groups is 1. The maximum absolute atomic E-state index is 12.3. The van der Waals surface area contributed by atoms with Crippen molar-refractivity contribution in [3.05, 3.63) is 64.4 Å². The summed E-state index contributed by atoms with van der Waals surface area (Å²) in [6.45, 7) is -0.00178. The van der Waals surface area contributed by atoms with Gasteiger partial charge in [-0.25, -0.2) is 4.98 Å². The van der Waals surface area contributed by atoms with Crippen molar-refractivity contribution in [2.45, 2.75) is 6.54 Å². The van der Waals surface area contributed by atoms with Crippen molar-refractivity contribution >= 4 is 33.3 Å². The van der Waals surface area contributed by atoms with E-state index < -0.39 is 0 Å². The molecule has 1 amide bonds. The zero-order valence-electron chi connectivity index (χ0n) is 13.0. The number of carbonyl (C=O) groups excluding carboxylic acids is 1. The van der Waals surface area contributed by atoms with Gasteiger partial charge in [-0.1, -0.05) is 12.1 Å². The first-order valence-electron chi connectivity index (χ1n) is 7.55. The molecule has 0 bridgehead atoms. The van der Waals surface area contributed by atoms with Crippen LogP contribution in [0.5, 0.6) is 0 Å². The molecule has 0 aliphatic rings. The summed E-state index contributed by atoms with van der Waals surface area (Å²) in [5.41, 5.74) is 2.13. The van der Waals surface area contributed by atoms with Crippen LogP contribution in [0.3, 0.4) is 0 Å². The summed E-state index contributed by atoms with van der Waals surface area (Å²) in [5, 5.41) is 9.74. The lowest BCUT2D eigenvalue weighted by molar-refractivity contribution is -0.116. The molecule has 0 aliphatic carbocycles. The van der Waals surface area contributed by atoms with E-state index in [4.69, 9.17) is 0 Å². The fourth-order valence-electron chi connectivity index (χ4n) is 2.53. The van der Waals surface area contributed by atoms with Gasteiger partial charge in [0, 0.05) is 17.0 Å². The maximum atomic E-state index is 12.3. The zero-order valence-corrected chi connectivity index (χ0v) is 13.8. The first kappa shape index (κ1) is 15.3. The number of nitrogens with one attached hydrogen (secondary N) is 2. The Morgan fingerprint density at radius 2 is 2.12 bits per heavy atom. The van der Waals surface area contributed by atoms with E-state index in [1.807, 2.05) is 23.7 Å². The van der Waals surface area contributed by atoms with E-state index in [0.717, 1.165) is 11.4 Å². The number of aromatic amines is 1. The van der Waals surface area contributed by atoms with E-state index in [1.54, 1.807) is 24.3 Å². The monoisotopic (exact) mass is 351 g/mol. The number of aromatic nitrogens is 4. The SMILES string of the molecule is O=C(Cn1ncc(=O)c2ccccc21)Nc1nc(-c2ccc[nH]2)cs1. The van der Waals surface area contributed by atoms with Gasteiger partial charge < -0.3 is 10.3 Å². The van der Waals surface area contributed by atoms with Crippen molar-refractivity contribution in [2.75, 3.05) is 5.32 Å². The number of H-pyrrole nitrogens is 1. The van der Waals surface area contributed by atoms with Crippen molar-refractivity contribution in [3.63, 3.8) is 0 Å². The van der Waals surface area contributed by atoms with Crippen LogP contribution in [-0.4, -0.2) is 25.7 Å². The molecule has 0 unspecified atom stereocenters. The third-order valence-corrected chi connectivity index (χ3v) is 4.44. The standard InChI is InChI=1S/C17H13N5O2S/c23-15-8-19-22(14-6-2-1-4-11(14)15)9-16(24)21-17-20-13(10-25-17)12-5-3-7-18-12/h1-8,10,18H,9H2,(H,20,21,24). The highest BCUT2D eigenvalue weighted by Gasteiger charge is 2.11. The van der Waals surface area contributed by atoms with Crippen LogP contribution in [0, 0.1) is 0 Å². The lowest BCUT2D eigenvalue weighted by Crippen LogP contribution is -2.22. The molecule has 0 atom stereocenters. The van der Waals surface area contributed by atoms with Gasteiger partial charge in [-0.3, -0.25) is 14.3 Å². The summed E-state index contributed by atoms with van der Waals surface area (Å²) < 4.78 is 1.51. The van der Waals surface area contributed by atoms with Crippen LogP contribution in [-0.2, 0) is 11.3 Å². The molecule has 0 fully saturated rings. The number of thiazole rings is 1. The average molecular weight is 351 g/mol. The lowest BCUT2D eigenvalue weighted by atomic mass is 10.2. The van der Waals surface area contributed by atoms with E-state index in [9.17, 15) is 9.59 Å². The molecular weight excluding hydrogens is 338 g/mol. The van der Waals surface area contributed by atoms with Crippen LogP contribution in [0.2, 0.25) is 0 Å². The lowest BCUT2D eigenvalue weighted by Gasteiger charge is -2.08. The smallest absolute Gasteiger partial charge is 0.247 e. The summed E-state index contributed by atoms with van der Waals surface area (Å²) in [4.78, 5) is 31.6. The number of benzene rings is 1. The largest absolute Gasteiger partial charge is 0.360 e. The number of hydrogen-bond acceptors (Lipinski definition) is 5. The Kier molecular flexibility index (Phi) is 3.87. The maximum Gasteiger partial charge on any atom is 0.247 e. The van der Waals surface area contributed by atoms with Gasteiger partial charge in [-0.05, 0) is 24.3 Å². The highest BCUT2D eigenvalue weighted by atomic mass is 32.1. The third kappa shape index (κ3) is 3.07. The van der Waals surface area contributed by atoms with Crippen LogP contribution in [0.1, 0.15) is 0 Å². The molecule has 8 heteroatoms. The van der Waals surface area contributed by atoms with Crippen LogP contribution in [0.4, 0.5) is 5.13 Å². The molecule has 0 radical (unpaired) electrons. The Morgan fingerprint density at radius 1 is 1.24 bits per heavy atom. The summed E-state index contributed by atoms with van der Waals surface area (Å²) in [7, 11) is 0. The molecule has 3 aromatic heterocycles. The number of rotatable bonds is 4. The minimum atomic E-state index is -0.256. The Hall–Kier alpha value is -3.26. The molecule has 0 aliphatic heterocycles. The van der Waals surface area contributed by atoms with E-state index in [0.29, 0.717) is 16.0 Å². The van der Waals surface area contributed by atoms with Crippen molar-refractivity contribution in [1.82, 2.24) is 19.7 Å². The van der Waals surface area contributed by atoms with Crippen LogP contribution in [0.15, 0.2) is 59.0 Å². The molecular formula is C17H13N5O2S. The Labute approximate surface area is 146 Å². The first-order valence-corrected chi connectivity index (χ1v) is 8.43. The van der Waals surface area contributed by atoms with E-state index >= 15 is 0 Å². The fourth-order valence-corrected chi connectivity index (χ4v) is 3.25. The molecule has 1 aromatic carbocycles. The van der Waals surface area contributed by atoms with Gasteiger partial charge in [-0.15, -0.1) is 11.3 Å². The predicted octanol–water partition coefficient (Wildman–Crippen LogP) is 2.49. The molecule has 7 nitrogen and oxygen atoms in total. The van der Waals surface area contributed by atoms with Gasteiger partial charge in [0.25, 0.3) is 0 Å². The zero-order chi connectivity index (χ0) is 17.2. The number of nitrogens with zero attached hydrogens (tertiary/aromatic N) is 3. The van der Waals surface area contributed by atoms with Crippen LogP contribution in [0.25, 0.3) is 22.3 Å². The normalized spacial score (nSPS) is 10.9. The van der Waals surface area contributed by atoms with Gasteiger partial charge in [0.15, 0.2) is 5.13 Å². The quantitative estimate of drug-likeness (QED) is 0.591. The first-order chi connectivity index (χ1) is 12.2. The number of amides is 1. The third-order valence-electron chi connectivity index (χ3n) is 3.68. The summed E-state index contributed by atoms with van der Waals surface area (Å²) in [6.07, 6.45) is 3.04. The highest BCUT2D eigenvalue weighted by molar-refractivity contribution is 7.14. The van der Waals surface area contributed by atoms with Crippen LogP contribution >= 0.6 is 11.3 Å². The Balaban J connectivity index is 1.53. The molecule has 25 heavy (non-hydrogen) atoms. The molecule has 0 saturated heterocycles. The van der Waals surface area contributed by atoms with Crippen molar-refractivity contribution in [1.29, 1.82) is 0 Å². The predicted molar refractivity (Wildman–Crippen MR) is 96.5 cm³/mol. The summed E-state index contributed by atoms with van der Waals surface area (Å²) in [5.74, 6) is -0.256. The minimum Gasteiger partial charge on any atom is -0.360 e. The van der Waals surface area contributed by atoms with E-state index in [-0.39, 0.29) is 17.9 Å². The minimum absolute atomic E-state index is 0.00178. The second-order valence-corrected chi connectivity index (χ2v) is 6.21. The van der Waals surface area contributed by atoms with Gasteiger partial charge in [-0.2, -0.15) is 5.10 Å². The second-order valence-electron chi connectivity index (χ2n) is 5.35. The molecule has 0 spiro atoms. The topological polar surface area (TPSA) is 92.7 Å². The molecule has 3 heterocycles. The van der Waals surface area contributed by atoms with Crippen molar-refractivity contribution in [2.24, 2.45) is 0 Å². The number of fused-ring (bicyclic) bond motifs is 1. The number of hydrogen-bond donors (Lipinski definition) is 2. The summed E-state index contributed by atoms with van der Waals surface area (Å²) >= 11 is 1.35. The second kappa shape index (κ2) is 6.33. The highest BCUT2D eigenvalue weighted by Crippen LogP contribution is 2.23. The molecule has 4 aromatic rings. The molecule has 0 saturated carbocycles. The van der Waals surface area contributed by atoms with Gasteiger partial charge in [0.1, 0.15) is 6.54 Å². The number of para-hydroxylation sites is 1. The molecule has 2 N–H and O–H groups in total. The van der Waals surface area contributed by atoms with Crippen LogP contribution < -0.4 is 10.7 Å². The van der Waals surface area contributed by atoms with Gasteiger partial charge >= 0.3 is 0 Å². The van der Waals surface area contributed by atoms with E-state index in [1.165, 1.54) is 22.2 Å². The van der Waals surface area contributed by atoms with Crippen molar-refractivity contribution in [3.8, 4) is 11.4 Å². The van der Waals surface area contributed by atoms with Crippen molar-refractivity contribution < 1.29 is 4.79 Å². The average Bonchev–Trinajstić information content (AvgIpc) is 3.29. The van der Waals surface area contributed by atoms with E-state index in [2.05, 4.69) is 20.4 Å². The fraction of sp³-hybridized carbons (Fsp3) is 0.0588. The van der Waals surface area contributed by atoms with Gasteiger partial charge in [0.2, 0.25) is 11.3 Å². The summed E-state index contributed by atoms with van der Waals surface area (Å²) in [6, 6.07) is 10.9. The molecule has 124 valence electrons. The number of anilines is 1.